The molecule has 6 heteroatoms. The van der Waals surface area contributed by atoms with Gasteiger partial charge < -0.3 is 9.88 Å². The number of rotatable bonds is 10. The maximum Gasteiger partial charge on any atom is 0.224 e. The Morgan fingerprint density at radius 3 is 2.65 bits per heavy atom. The lowest BCUT2D eigenvalue weighted by molar-refractivity contribution is -0.125. The van der Waals surface area contributed by atoms with Crippen molar-refractivity contribution in [3.05, 3.63) is 64.5 Å². The zero-order valence-electron chi connectivity index (χ0n) is 21.2. The number of hydrogen-bond acceptors (Lipinski definition) is 4. The highest BCUT2D eigenvalue weighted by Gasteiger charge is 2.25. The zero-order chi connectivity index (χ0) is 24.7. The average Bonchev–Trinajstić information content (AvgIpc) is 3.35. The summed E-state index contributed by atoms with van der Waals surface area (Å²) in [6.07, 6.45) is 11.3. The molecular formula is C28H36N4OS. The van der Waals surface area contributed by atoms with E-state index in [9.17, 15) is 4.79 Å². The fraction of sp³-hybridized carbons (Fsp3) is 0.393. The fourth-order valence-electron chi connectivity index (χ4n) is 4.11. The molecule has 0 aromatic carbocycles. The third-order valence-electron chi connectivity index (χ3n) is 5.87. The number of aromatic nitrogens is 3. The van der Waals surface area contributed by atoms with E-state index in [1.165, 1.54) is 10.4 Å². The SMILES string of the molecule is CC/C=C/C=C\c1sc(-c2c(-c3cccc(C)n3)nc(C)n2CC(CCC)C(=O)NC)cc1C. The van der Waals surface area contributed by atoms with Crippen LogP contribution in [0.4, 0.5) is 0 Å². The van der Waals surface area contributed by atoms with Crippen molar-refractivity contribution in [2.45, 2.75) is 60.4 Å². The van der Waals surface area contributed by atoms with Crippen LogP contribution in [0.5, 0.6) is 0 Å². The second-order valence-electron chi connectivity index (χ2n) is 8.58. The number of hydrogen-bond donors (Lipinski definition) is 1. The van der Waals surface area contributed by atoms with E-state index in [4.69, 9.17) is 9.97 Å². The predicted molar refractivity (Wildman–Crippen MR) is 144 cm³/mol. The highest BCUT2D eigenvalue weighted by Crippen LogP contribution is 2.39. The topological polar surface area (TPSA) is 59.8 Å². The maximum atomic E-state index is 12.6. The number of carbonyl (C=O) groups is 1. The fourth-order valence-corrected chi connectivity index (χ4v) is 5.25. The van der Waals surface area contributed by atoms with E-state index in [1.807, 2.05) is 32.0 Å². The maximum absolute atomic E-state index is 12.6. The molecule has 0 saturated carbocycles. The molecule has 3 aromatic heterocycles. The zero-order valence-corrected chi connectivity index (χ0v) is 22.0. The van der Waals surface area contributed by atoms with Crippen LogP contribution in [0.2, 0.25) is 0 Å². The highest BCUT2D eigenvalue weighted by atomic mass is 32.1. The normalized spacial score (nSPS) is 12.6. The molecule has 34 heavy (non-hydrogen) atoms. The Kier molecular flexibility index (Phi) is 8.99. The molecule has 1 N–H and O–H groups in total. The van der Waals surface area contributed by atoms with Gasteiger partial charge in [0.1, 0.15) is 11.5 Å². The van der Waals surface area contributed by atoms with Crippen molar-refractivity contribution in [1.82, 2.24) is 19.9 Å². The van der Waals surface area contributed by atoms with Crippen LogP contribution < -0.4 is 5.32 Å². The Morgan fingerprint density at radius 1 is 1.18 bits per heavy atom. The van der Waals surface area contributed by atoms with E-state index < -0.39 is 0 Å². The smallest absolute Gasteiger partial charge is 0.224 e. The third-order valence-corrected chi connectivity index (χ3v) is 7.08. The Bertz CT molecular complexity index is 1190. The van der Waals surface area contributed by atoms with Crippen LogP contribution in [0, 0.1) is 26.7 Å². The van der Waals surface area contributed by atoms with Gasteiger partial charge in [-0.05, 0) is 63.5 Å². The molecule has 3 heterocycles. The van der Waals surface area contributed by atoms with Crippen molar-refractivity contribution in [2.75, 3.05) is 7.05 Å². The summed E-state index contributed by atoms with van der Waals surface area (Å²) < 4.78 is 2.21. The van der Waals surface area contributed by atoms with Gasteiger partial charge in [0.25, 0.3) is 0 Å². The first-order chi connectivity index (χ1) is 16.4. The second-order valence-corrected chi connectivity index (χ2v) is 9.67. The molecule has 0 aliphatic heterocycles. The van der Waals surface area contributed by atoms with Crippen LogP contribution in [0.1, 0.15) is 55.1 Å². The first kappa shape index (κ1) is 25.6. The summed E-state index contributed by atoms with van der Waals surface area (Å²) in [5.41, 5.74) is 4.95. The molecule has 5 nitrogen and oxygen atoms in total. The van der Waals surface area contributed by atoms with Crippen LogP contribution >= 0.6 is 11.3 Å². The molecule has 3 rings (SSSR count). The number of pyridine rings is 1. The van der Waals surface area contributed by atoms with Gasteiger partial charge in [0.05, 0.1) is 22.2 Å². The minimum atomic E-state index is -0.112. The number of thiophene rings is 1. The van der Waals surface area contributed by atoms with E-state index >= 15 is 0 Å². The van der Waals surface area contributed by atoms with Crippen molar-refractivity contribution < 1.29 is 4.79 Å². The van der Waals surface area contributed by atoms with E-state index in [2.05, 4.69) is 61.0 Å². The van der Waals surface area contributed by atoms with Gasteiger partial charge in [0.15, 0.2) is 0 Å². The monoisotopic (exact) mass is 476 g/mol. The van der Waals surface area contributed by atoms with Crippen LogP contribution in [0.15, 0.2) is 42.5 Å². The average molecular weight is 477 g/mol. The largest absolute Gasteiger partial charge is 0.359 e. The van der Waals surface area contributed by atoms with Crippen LogP contribution in [-0.4, -0.2) is 27.5 Å². The summed E-state index contributed by atoms with van der Waals surface area (Å²) in [7, 11) is 1.71. The van der Waals surface area contributed by atoms with Gasteiger partial charge in [0.2, 0.25) is 5.91 Å². The minimum Gasteiger partial charge on any atom is -0.359 e. The standard InChI is InChI=1S/C28H36N4OS/c1-7-9-10-11-16-24-19(3)17-25(34-24)27-26(23-15-12-14-20(4)30-23)31-21(5)32(27)18-22(13-8-2)28(33)29-6/h9-12,14-17,22H,7-8,13,18H2,1-6H3,(H,29,33)/b10-9+,16-11-. The van der Waals surface area contributed by atoms with Crippen LogP contribution in [-0.2, 0) is 11.3 Å². The Morgan fingerprint density at radius 2 is 1.97 bits per heavy atom. The third kappa shape index (κ3) is 5.92. The van der Waals surface area contributed by atoms with E-state index in [1.54, 1.807) is 18.4 Å². The van der Waals surface area contributed by atoms with E-state index in [0.717, 1.165) is 52.7 Å². The summed E-state index contributed by atoms with van der Waals surface area (Å²) in [5.74, 6) is 0.858. The second kappa shape index (κ2) is 11.9. The summed E-state index contributed by atoms with van der Waals surface area (Å²) in [6.45, 7) is 11.0. The molecule has 1 atom stereocenters. The molecule has 180 valence electrons. The molecular weight excluding hydrogens is 440 g/mol. The molecule has 0 fully saturated rings. The molecule has 0 aliphatic rings. The van der Waals surface area contributed by atoms with Gasteiger partial charge in [0, 0.05) is 24.2 Å². The van der Waals surface area contributed by atoms with Gasteiger partial charge in [-0.15, -0.1) is 11.3 Å². The molecule has 0 aliphatic carbocycles. The summed E-state index contributed by atoms with van der Waals surface area (Å²) in [4.78, 5) is 24.8. The van der Waals surface area contributed by atoms with Crippen molar-refractivity contribution in [2.24, 2.45) is 5.92 Å². The number of allylic oxidation sites excluding steroid dienone is 3. The van der Waals surface area contributed by atoms with Crippen LogP contribution in [0.25, 0.3) is 28.0 Å². The highest BCUT2D eigenvalue weighted by molar-refractivity contribution is 7.16. The first-order valence-corrected chi connectivity index (χ1v) is 12.9. The molecule has 0 bridgehead atoms. The number of nitrogens with one attached hydrogen (secondary N) is 1. The lowest BCUT2D eigenvalue weighted by atomic mass is 10.0. The lowest BCUT2D eigenvalue weighted by Gasteiger charge is -2.18. The summed E-state index contributed by atoms with van der Waals surface area (Å²) in [5, 5.41) is 2.84. The molecule has 3 aromatic rings. The van der Waals surface area contributed by atoms with Gasteiger partial charge in [-0.25, -0.2) is 4.98 Å². The summed E-state index contributed by atoms with van der Waals surface area (Å²) >= 11 is 1.76. The van der Waals surface area contributed by atoms with Crippen LogP contribution in [0.3, 0.4) is 0 Å². The quantitative estimate of drug-likeness (QED) is 0.330. The van der Waals surface area contributed by atoms with Gasteiger partial charge >= 0.3 is 0 Å². The Hall–Kier alpha value is -2.99. The number of carbonyl (C=O) groups excluding carboxylic acids is 1. The van der Waals surface area contributed by atoms with Crippen molar-refractivity contribution >= 4 is 23.3 Å². The Balaban J connectivity index is 2.16. The number of nitrogens with zero attached hydrogens (tertiary/aromatic N) is 3. The number of aryl methyl sites for hydroxylation is 3. The van der Waals surface area contributed by atoms with Crippen molar-refractivity contribution in [3.63, 3.8) is 0 Å². The van der Waals surface area contributed by atoms with Gasteiger partial charge in [-0.1, -0.05) is 44.6 Å². The van der Waals surface area contributed by atoms with E-state index in [0.29, 0.717) is 6.54 Å². The van der Waals surface area contributed by atoms with Gasteiger partial charge in [-0.2, -0.15) is 0 Å². The minimum absolute atomic E-state index is 0.0739. The van der Waals surface area contributed by atoms with E-state index in [-0.39, 0.29) is 11.8 Å². The molecule has 1 amide bonds. The predicted octanol–water partition coefficient (Wildman–Crippen LogP) is 6.74. The molecule has 0 radical (unpaired) electrons. The van der Waals surface area contributed by atoms with Crippen molar-refractivity contribution in [3.8, 4) is 22.0 Å². The number of imidazole rings is 1. The lowest BCUT2D eigenvalue weighted by Crippen LogP contribution is -2.30. The first-order valence-electron chi connectivity index (χ1n) is 12.1. The summed E-state index contributed by atoms with van der Waals surface area (Å²) in [6, 6.07) is 8.27. The molecule has 0 saturated heterocycles. The Labute approximate surface area is 207 Å². The van der Waals surface area contributed by atoms with Crippen molar-refractivity contribution in [1.29, 1.82) is 0 Å². The molecule has 0 spiro atoms. The molecule has 1 unspecified atom stereocenters. The van der Waals surface area contributed by atoms with Gasteiger partial charge in [-0.3, -0.25) is 9.78 Å². The number of amides is 1.